The summed E-state index contributed by atoms with van der Waals surface area (Å²) in [4.78, 5) is 29.6. The van der Waals surface area contributed by atoms with E-state index in [-0.39, 0.29) is 6.61 Å². The second kappa shape index (κ2) is 5.84. The van der Waals surface area contributed by atoms with Gasteiger partial charge in [-0.2, -0.15) is 0 Å². The molecule has 0 saturated carbocycles. The zero-order valence-electron chi connectivity index (χ0n) is 7.54. The van der Waals surface area contributed by atoms with Crippen molar-refractivity contribution >= 4 is 5.97 Å². The molecule has 0 saturated heterocycles. The molecular weight excluding hydrogens is 196 g/mol. The molecule has 0 heterocycles. The van der Waals surface area contributed by atoms with Crippen molar-refractivity contribution in [3.63, 3.8) is 0 Å². The number of carbonyl (C=O) groups is 1. The van der Waals surface area contributed by atoms with Crippen molar-refractivity contribution < 1.29 is 19.4 Å². The molecule has 14 heavy (non-hydrogen) atoms. The number of ether oxygens (including phenoxy) is 1. The molecular formula is C6H10N2O6. The van der Waals surface area contributed by atoms with E-state index < -0.39 is 34.8 Å². The average Bonchev–Trinajstić information content (AvgIpc) is 2.03. The molecule has 0 fully saturated rings. The Labute approximate surface area is 79.1 Å². The normalized spacial score (nSPS) is 11.8. The third-order valence-corrected chi connectivity index (χ3v) is 1.40. The van der Waals surface area contributed by atoms with Crippen LogP contribution < -0.4 is 0 Å². The Hall–Kier alpha value is -1.73. The van der Waals surface area contributed by atoms with Gasteiger partial charge in [0.2, 0.25) is 6.54 Å². The number of carbonyl (C=O) groups excluding carboxylic acids is 1. The fourth-order valence-corrected chi connectivity index (χ4v) is 0.775. The molecule has 80 valence electrons. The molecule has 0 aliphatic heterocycles. The van der Waals surface area contributed by atoms with Crippen LogP contribution in [0.1, 0.15) is 13.3 Å². The second-order valence-corrected chi connectivity index (χ2v) is 2.40. The molecule has 1 unspecified atom stereocenters. The smallest absolute Gasteiger partial charge is 0.381 e. The van der Waals surface area contributed by atoms with Crippen molar-refractivity contribution in [3.05, 3.63) is 20.2 Å². The fourth-order valence-electron chi connectivity index (χ4n) is 0.775. The maximum Gasteiger partial charge on any atom is 0.381 e. The highest BCUT2D eigenvalue weighted by atomic mass is 16.6. The number of rotatable bonds is 6. The molecule has 0 aliphatic carbocycles. The van der Waals surface area contributed by atoms with E-state index in [1.54, 1.807) is 0 Å². The van der Waals surface area contributed by atoms with Crippen LogP contribution in [0.4, 0.5) is 0 Å². The highest BCUT2D eigenvalue weighted by molar-refractivity contribution is 5.74. The van der Waals surface area contributed by atoms with E-state index >= 15 is 0 Å². The van der Waals surface area contributed by atoms with Gasteiger partial charge in [0, 0.05) is 9.85 Å². The Kier molecular flexibility index (Phi) is 5.12. The van der Waals surface area contributed by atoms with Crippen LogP contribution in [0.25, 0.3) is 0 Å². The van der Waals surface area contributed by atoms with Gasteiger partial charge in [0.25, 0.3) is 0 Å². The minimum absolute atomic E-state index is 0.0155. The Morgan fingerprint density at radius 1 is 1.43 bits per heavy atom. The molecule has 0 bridgehead atoms. The molecule has 0 aliphatic rings. The lowest BCUT2D eigenvalue weighted by Crippen LogP contribution is -2.33. The minimum atomic E-state index is -1.64. The van der Waals surface area contributed by atoms with E-state index in [0.29, 0.717) is 0 Å². The second-order valence-electron chi connectivity index (χ2n) is 2.40. The molecule has 0 aromatic heterocycles. The van der Waals surface area contributed by atoms with E-state index in [1.807, 2.05) is 0 Å². The summed E-state index contributed by atoms with van der Waals surface area (Å²) in [6.07, 6.45) is -0.446. The van der Waals surface area contributed by atoms with Gasteiger partial charge in [0.1, 0.15) is 0 Å². The van der Waals surface area contributed by atoms with Crippen LogP contribution in [-0.4, -0.2) is 35.0 Å². The highest BCUT2D eigenvalue weighted by Gasteiger charge is 2.32. The first kappa shape index (κ1) is 12.3. The molecule has 0 N–H and O–H groups in total. The Morgan fingerprint density at radius 2 is 2.00 bits per heavy atom. The molecule has 0 radical (unpaired) electrons. The summed E-state index contributed by atoms with van der Waals surface area (Å²) in [7, 11) is 0. The third-order valence-electron chi connectivity index (χ3n) is 1.40. The number of hydrogen-bond donors (Lipinski definition) is 0. The summed E-state index contributed by atoms with van der Waals surface area (Å²) in [5.74, 6) is -1.03. The van der Waals surface area contributed by atoms with Gasteiger partial charge in [-0.05, 0) is 6.92 Å². The number of hydrogen-bond acceptors (Lipinski definition) is 6. The van der Waals surface area contributed by atoms with Crippen LogP contribution in [0.3, 0.4) is 0 Å². The van der Waals surface area contributed by atoms with Crippen molar-refractivity contribution in [1.82, 2.24) is 0 Å². The van der Waals surface area contributed by atoms with E-state index in [9.17, 15) is 25.0 Å². The van der Waals surface area contributed by atoms with Gasteiger partial charge in [0.15, 0.2) is 0 Å². The number of nitrogens with zero attached hydrogens (tertiary/aromatic N) is 2. The van der Waals surface area contributed by atoms with Crippen molar-refractivity contribution in [2.24, 2.45) is 0 Å². The summed E-state index contributed by atoms with van der Waals surface area (Å²) < 4.78 is 4.39. The van der Waals surface area contributed by atoms with Crippen LogP contribution in [0.5, 0.6) is 0 Å². The summed E-state index contributed by atoms with van der Waals surface area (Å²) in [5.41, 5.74) is 0. The third kappa shape index (κ3) is 4.33. The van der Waals surface area contributed by atoms with Crippen molar-refractivity contribution in [1.29, 1.82) is 0 Å². The van der Waals surface area contributed by atoms with Crippen LogP contribution in [0.2, 0.25) is 0 Å². The van der Waals surface area contributed by atoms with E-state index in [1.165, 1.54) is 6.92 Å². The summed E-state index contributed by atoms with van der Waals surface area (Å²) >= 11 is 0. The summed E-state index contributed by atoms with van der Waals surface area (Å²) in [6, 6.07) is -1.64. The van der Waals surface area contributed by atoms with E-state index in [2.05, 4.69) is 4.74 Å². The summed E-state index contributed by atoms with van der Waals surface area (Å²) in [6.45, 7) is 0.897. The summed E-state index contributed by atoms with van der Waals surface area (Å²) in [5, 5.41) is 20.2. The Bertz CT molecular complexity index is 240. The average molecular weight is 206 g/mol. The zero-order chi connectivity index (χ0) is 11.1. The van der Waals surface area contributed by atoms with Gasteiger partial charge >= 0.3 is 12.0 Å². The molecule has 0 aromatic carbocycles. The molecule has 0 aromatic rings. The SMILES string of the molecule is CCOC(=O)C(CC[N+](=O)[O-])[N+](=O)[O-]. The molecule has 0 amide bonds. The minimum Gasteiger partial charge on any atom is -0.461 e. The lowest BCUT2D eigenvalue weighted by molar-refractivity contribution is -0.531. The molecule has 8 nitrogen and oxygen atoms in total. The van der Waals surface area contributed by atoms with Crippen LogP contribution in [0.15, 0.2) is 0 Å². The van der Waals surface area contributed by atoms with Gasteiger partial charge in [-0.3, -0.25) is 20.2 Å². The molecule has 8 heteroatoms. The monoisotopic (exact) mass is 206 g/mol. The van der Waals surface area contributed by atoms with Gasteiger partial charge in [0.05, 0.1) is 13.0 Å². The zero-order valence-corrected chi connectivity index (χ0v) is 7.54. The number of esters is 1. The largest absolute Gasteiger partial charge is 0.461 e. The van der Waals surface area contributed by atoms with Crippen LogP contribution in [0, 0.1) is 20.2 Å². The van der Waals surface area contributed by atoms with Crippen molar-refractivity contribution in [2.75, 3.05) is 13.2 Å². The first-order valence-electron chi connectivity index (χ1n) is 3.91. The lowest BCUT2D eigenvalue weighted by Gasteiger charge is -2.05. The maximum absolute atomic E-state index is 10.9. The first-order chi connectivity index (χ1) is 6.49. The highest BCUT2D eigenvalue weighted by Crippen LogP contribution is 2.00. The van der Waals surface area contributed by atoms with Crippen molar-refractivity contribution in [3.8, 4) is 0 Å². The van der Waals surface area contributed by atoms with Crippen molar-refractivity contribution in [2.45, 2.75) is 19.4 Å². The standard InChI is InChI=1S/C6H10N2O6/c1-2-14-6(9)5(8(12)13)3-4-7(10)11/h5H,2-4H2,1H3. The first-order valence-corrected chi connectivity index (χ1v) is 3.91. The molecule has 0 rings (SSSR count). The molecule has 1 atom stereocenters. The molecule has 0 spiro atoms. The van der Waals surface area contributed by atoms with E-state index in [4.69, 9.17) is 0 Å². The maximum atomic E-state index is 10.9. The van der Waals surface area contributed by atoms with Gasteiger partial charge < -0.3 is 4.74 Å². The predicted octanol–water partition coefficient (Wildman–Crippen LogP) is -0.138. The number of nitro groups is 2. The van der Waals surface area contributed by atoms with Gasteiger partial charge in [-0.15, -0.1) is 0 Å². The fraction of sp³-hybridized carbons (Fsp3) is 0.833. The Morgan fingerprint density at radius 3 is 2.36 bits per heavy atom. The quantitative estimate of drug-likeness (QED) is 0.339. The van der Waals surface area contributed by atoms with Crippen LogP contribution >= 0.6 is 0 Å². The van der Waals surface area contributed by atoms with Gasteiger partial charge in [-0.25, -0.2) is 4.79 Å². The Balaban J connectivity index is 4.22. The lowest BCUT2D eigenvalue weighted by atomic mass is 10.2. The topological polar surface area (TPSA) is 113 Å². The van der Waals surface area contributed by atoms with E-state index in [0.717, 1.165) is 0 Å². The van der Waals surface area contributed by atoms with Gasteiger partial charge in [-0.1, -0.05) is 0 Å². The predicted molar refractivity (Wildman–Crippen MR) is 43.9 cm³/mol. The van der Waals surface area contributed by atoms with Crippen LogP contribution in [-0.2, 0) is 9.53 Å².